The van der Waals surface area contributed by atoms with Crippen LogP contribution in [0.1, 0.15) is 56.6 Å². The van der Waals surface area contributed by atoms with Gasteiger partial charge in [-0.05, 0) is 62.8 Å². The van der Waals surface area contributed by atoms with E-state index in [1.54, 1.807) is 0 Å². The molecule has 0 aromatic heterocycles. The molecule has 37 heavy (non-hydrogen) atoms. The average molecular weight is 537 g/mol. The number of nitrogens with zero attached hydrogens (tertiary/aromatic N) is 1. The summed E-state index contributed by atoms with van der Waals surface area (Å²) in [7, 11) is 3.21. The van der Waals surface area contributed by atoms with E-state index in [0.29, 0.717) is 62.4 Å². The lowest BCUT2D eigenvalue weighted by atomic mass is 9.84. The number of ether oxygens (including phenoxy) is 2. The lowest BCUT2D eigenvalue weighted by molar-refractivity contribution is -0.121. The normalized spacial score (nSPS) is 20.2. The predicted octanol–water partition coefficient (Wildman–Crippen LogP) is 3.91. The molecule has 0 bridgehead atoms. The van der Waals surface area contributed by atoms with Crippen LogP contribution < -0.4 is 16.0 Å². The number of piperidine rings is 1. The fourth-order valence-electron chi connectivity index (χ4n) is 5.38. The van der Waals surface area contributed by atoms with Crippen LogP contribution in [-0.2, 0) is 14.3 Å². The van der Waals surface area contributed by atoms with Gasteiger partial charge in [0.2, 0.25) is 0 Å². The maximum absolute atomic E-state index is 13.3. The summed E-state index contributed by atoms with van der Waals surface area (Å²) < 4.78 is 10.9. The summed E-state index contributed by atoms with van der Waals surface area (Å²) in [6.07, 6.45) is 5.02. The summed E-state index contributed by atoms with van der Waals surface area (Å²) in [5, 5.41) is 9.71. The number of alkyl carbamates (subject to hydrolysis) is 1. The third kappa shape index (κ3) is 9.47. The standard InChI is InChI=1S/C27H41ClN4O5/c1-29-17-23(15-19-8-10-24(33)11-9-19)31-26(34)32-13-4-6-21(18-32)25(20-5-3-7-22(28)16-20)37-14-12-30-27(35)36-2/h3,5,7,16,19,21,23,25,29H,4,6,8-15,17-18H2,1-2H3,(H,30,35)(H,31,34)/t21-,23+,25+/m1/s1. The highest BCUT2D eigenvalue weighted by Crippen LogP contribution is 2.34. The first kappa shape index (κ1) is 29.2. The van der Waals surface area contributed by atoms with Crippen LogP contribution in [0.3, 0.4) is 0 Å². The highest BCUT2D eigenvalue weighted by Gasteiger charge is 2.32. The van der Waals surface area contributed by atoms with Gasteiger partial charge in [0.05, 0.1) is 19.8 Å². The molecule has 206 valence electrons. The van der Waals surface area contributed by atoms with Crippen LogP contribution in [-0.4, -0.2) is 75.8 Å². The second kappa shape index (κ2) is 15.1. The number of carbonyl (C=O) groups is 3. The molecule has 1 aromatic carbocycles. The van der Waals surface area contributed by atoms with Gasteiger partial charge in [-0.2, -0.15) is 0 Å². The number of halogens is 1. The molecule has 0 spiro atoms. The molecule has 3 atom stereocenters. The van der Waals surface area contributed by atoms with Crippen molar-refractivity contribution in [3.63, 3.8) is 0 Å². The molecule has 2 aliphatic rings. The molecule has 1 saturated carbocycles. The number of methoxy groups -OCH3 is 1. The van der Waals surface area contributed by atoms with Gasteiger partial charge in [0, 0.05) is 56.0 Å². The monoisotopic (exact) mass is 536 g/mol. The SMILES string of the molecule is CNC[C@H](CC1CCC(=O)CC1)NC(=O)N1CCC[C@@H]([C@@H](OCCNC(=O)OC)c2cccc(Cl)c2)C1. The summed E-state index contributed by atoms with van der Waals surface area (Å²) in [5.41, 5.74) is 0.956. The van der Waals surface area contributed by atoms with E-state index in [4.69, 9.17) is 16.3 Å². The van der Waals surface area contributed by atoms with E-state index in [1.807, 2.05) is 36.2 Å². The molecule has 0 radical (unpaired) electrons. The number of Topliss-reactive ketones (excluding diaryl/α,β-unsaturated/α-hetero) is 1. The summed E-state index contributed by atoms with van der Waals surface area (Å²) >= 11 is 6.28. The Balaban J connectivity index is 1.61. The number of hydrogen-bond acceptors (Lipinski definition) is 6. The number of carbonyl (C=O) groups excluding carboxylic acids is 3. The number of ketones is 1. The van der Waals surface area contributed by atoms with E-state index in [9.17, 15) is 14.4 Å². The van der Waals surface area contributed by atoms with E-state index >= 15 is 0 Å². The van der Waals surface area contributed by atoms with Crippen molar-refractivity contribution < 1.29 is 23.9 Å². The highest BCUT2D eigenvalue weighted by molar-refractivity contribution is 6.30. The van der Waals surface area contributed by atoms with Crippen molar-refractivity contribution in [2.45, 2.75) is 57.1 Å². The van der Waals surface area contributed by atoms with Crippen LogP contribution >= 0.6 is 11.6 Å². The number of hydrogen-bond donors (Lipinski definition) is 3. The number of benzene rings is 1. The second-order valence-corrected chi connectivity index (χ2v) is 10.5. The Morgan fingerprint density at radius 3 is 2.70 bits per heavy atom. The van der Waals surface area contributed by atoms with Crippen LogP contribution in [0, 0.1) is 11.8 Å². The first-order chi connectivity index (χ1) is 17.9. The van der Waals surface area contributed by atoms with Gasteiger partial charge in [0.25, 0.3) is 0 Å². The first-order valence-electron chi connectivity index (χ1n) is 13.3. The van der Waals surface area contributed by atoms with Gasteiger partial charge in [-0.3, -0.25) is 4.79 Å². The van der Waals surface area contributed by atoms with E-state index < -0.39 is 6.09 Å². The van der Waals surface area contributed by atoms with Crippen molar-refractivity contribution >= 4 is 29.5 Å². The van der Waals surface area contributed by atoms with E-state index in [-0.39, 0.29) is 24.1 Å². The molecule has 3 amide bonds. The third-order valence-corrected chi connectivity index (χ3v) is 7.50. The Bertz CT molecular complexity index is 891. The molecule has 1 aliphatic carbocycles. The van der Waals surface area contributed by atoms with Crippen molar-refractivity contribution in [1.29, 1.82) is 0 Å². The largest absolute Gasteiger partial charge is 0.453 e. The minimum atomic E-state index is -0.501. The van der Waals surface area contributed by atoms with Crippen LogP contribution in [0.5, 0.6) is 0 Å². The van der Waals surface area contributed by atoms with E-state index in [1.165, 1.54) is 7.11 Å². The Morgan fingerprint density at radius 2 is 2.00 bits per heavy atom. The van der Waals surface area contributed by atoms with E-state index in [2.05, 4.69) is 20.7 Å². The highest BCUT2D eigenvalue weighted by atomic mass is 35.5. The van der Waals surface area contributed by atoms with Crippen molar-refractivity contribution in [3.05, 3.63) is 34.9 Å². The number of rotatable bonds is 11. The van der Waals surface area contributed by atoms with E-state index in [0.717, 1.165) is 37.7 Å². The minimum Gasteiger partial charge on any atom is -0.453 e. The average Bonchev–Trinajstić information content (AvgIpc) is 2.90. The molecule has 10 heteroatoms. The first-order valence-corrected chi connectivity index (χ1v) is 13.7. The summed E-state index contributed by atoms with van der Waals surface area (Å²) in [6.45, 7) is 2.58. The minimum absolute atomic E-state index is 0.0143. The zero-order valence-electron chi connectivity index (χ0n) is 22.0. The van der Waals surface area contributed by atoms with Gasteiger partial charge < -0.3 is 30.3 Å². The molecule has 1 aliphatic heterocycles. The third-order valence-electron chi connectivity index (χ3n) is 7.26. The van der Waals surface area contributed by atoms with Gasteiger partial charge in [-0.1, -0.05) is 23.7 Å². The topological polar surface area (TPSA) is 109 Å². The maximum atomic E-state index is 13.3. The number of amides is 3. The van der Waals surface area contributed by atoms with Gasteiger partial charge in [-0.25, -0.2) is 9.59 Å². The number of likely N-dealkylation sites (N-methyl/N-ethyl adjacent to an activating group) is 1. The summed E-state index contributed by atoms with van der Waals surface area (Å²) in [6, 6.07) is 7.56. The zero-order valence-corrected chi connectivity index (χ0v) is 22.7. The number of nitrogens with one attached hydrogen (secondary N) is 3. The Labute approximate surface area is 225 Å². The maximum Gasteiger partial charge on any atom is 0.406 e. The Morgan fingerprint density at radius 1 is 1.22 bits per heavy atom. The number of urea groups is 1. The van der Waals surface area contributed by atoms with Gasteiger partial charge >= 0.3 is 12.1 Å². The zero-order chi connectivity index (χ0) is 26.6. The van der Waals surface area contributed by atoms with Crippen molar-refractivity contribution in [2.24, 2.45) is 11.8 Å². The van der Waals surface area contributed by atoms with Gasteiger partial charge in [0.15, 0.2) is 0 Å². The molecule has 9 nitrogen and oxygen atoms in total. The fraction of sp³-hybridized carbons (Fsp3) is 0.667. The molecular weight excluding hydrogens is 496 g/mol. The van der Waals surface area contributed by atoms with Crippen LogP contribution in [0.2, 0.25) is 5.02 Å². The summed E-state index contributed by atoms with van der Waals surface area (Å²) in [5.74, 6) is 0.898. The lowest BCUT2D eigenvalue weighted by Gasteiger charge is -2.38. The molecule has 0 unspecified atom stereocenters. The Hall–Kier alpha value is -2.36. The quantitative estimate of drug-likeness (QED) is 0.370. The predicted molar refractivity (Wildman–Crippen MR) is 143 cm³/mol. The molecule has 1 aromatic rings. The van der Waals surface area contributed by atoms with Crippen LogP contribution in [0.25, 0.3) is 0 Å². The molecule has 3 rings (SSSR count). The lowest BCUT2D eigenvalue weighted by Crippen LogP contribution is -2.52. The van der Waals surface area contributed by atoms with Crippen molar-refractivity contribution in [2.75, 3.05) is 46.9 Å². The van der Waals surface area contributed by atoms with Crippen molar-refractivity contribution in [3.8, 4) is 0 Å². The molecule has 2 fully saturated rings. The smallest absolute Gasteiger partial charge is 0.406 e. The molecule has 1 heterocycles. The molecular formula is C27H41ClN4O5. The fourth-order valence-corrected chi connectivity index (χ4v) is 5.58. The van der Waals surface area contributed by atoms with Crippen molar-refractivity contribution in [1.82, 2.24) is 20.9 Å². The molecule has 3 N–H and O–H groups in total. The van der Waals surface area contributed by atoms with Crippen LogP contribution in [0.15, 0.2) is 24.3 Å². The molecule has 1 saturated heterocycles. The van der Waals surface area contributed by atoms with Gasteiger partial charge in [-0.15, -0.1) is 0 Å². The second-order valence-electron chi connectivity index (χ2n) is 10.0. The van der Waals surface area contributed by atoms with Crippen LogP contribution in [0.4, 0.5) is 9.59 Å². The summed E-state index contributed by atoms with van der Waals surface area (Å²) in [4.78, 5) is 38.2. The van der Waals surface area contributed by atoms with Gasteiger partial charge in [0.1, 0.15) is 5.78 Å². The number of likely N-dealkylation sites (tertiary alicyclic amines) is 1. The Kier molecular flexibility index (Phi) is 12.0.